The highest BCUT2D eigenvalue weighted by molar-refractivity contribution is 7.99. The minimum Gasteiger partial charge on any atom is -0.491 e. The van der Waals surface area contributed by atoms with Crippen LogP contribution in [0.3, 0.4) is 0 Å². The van der Waals surface area contributed by atoms with Crippen LogP contribution < -0.4 is 4.74 Å². The highest BCUT2D eigenvalue weighted by atomic mass is 32.2. The molecule has 0 unspecified atom stereocenters. The van der Waals surface area contributed by atoms with Crippen molar-refractivity contribution in [1.29, 1.82) is 0 Å². The lowest BCUT2D eigenvalue weighted by molar-refractivity contribution is 0.242. The molecule has 20 heavy (non-hydrogen) atoms. The zero-order valence-corrected chi connectivity index (χ0v) is 12.0. The van der Waals surface area contributed by atoms with Crippen molar-refractivity contribution in [3.8, 4) is 5.75 Å². The van der Waals surface area contributed by atoms with Crippen molar-refractivity contribution in [3.63, 3.8) is 0 Å². The molecule has 5 nitrogen and oxygen atoms in total. The fourth-order valence-electron chi connectivity index (χ4n) is 1.73. The number of hydrogen-bond donors (Lipinski definition) is 1. The van der Waals surface area contributed by atoms with Crippen LogP contribution in [0.15, 0.2) is 46.8 Å². The smallest absolute Gasteiger partial charge is 0.194 e. The van der Waals surface area contributed by atoms with Gasteiger partial charge in [0, 0.05) is 4.90 Å². The molecule has 0 saturated carbocycles. The van der Waals surface area contributed by atoms with E-state index in [2.05, 4.69) is 19.9 Å². The zero-order valence-electron chi connectivity index (χ0n) is 11.2. The van der Waals surface area contributed by atoms with E-state index in [4.69, 9.17) is 4.74 Å². The summed E-state index contributed by atoms with van der Waals surface area (Å²) in [6, 6.07) is 7.91. The highest BCUT2D eigenvalue weighted by Crippen LogP contribution is 2.27. The lowest BCUT2D eigenvalue weighted by Gasteiger charge is -2.09. The maximum atomic E-state index is 5.61. The predicted octanol–water partition coefficient (Wildman–Crippen LogP) is 3.29. The van der Waals surface area contributed by atoms with E-state index in [9.17, 15) is 0 Å². The summed E-state index contributed by atoms with van der Waals surface area (Å²) in [5, 5.41) is 0.683. The first-order chi connectivity index (χ1) is 9.70. The van der Waals surface area contributed by atoms with Crippen molar-refractivity contribution in [2.45, 2.75) is 30.0 Å². The van der Waals surface area contributed by atoms with Crippen LogP contribution in [0.5, 0.6) is 5.75 Å². The first-order valence-corrected chi connectivity index (χ1v) is 7.13. The molecule has 0 fully saturated rings. The van der Waals surface area contributed by atoms with Crippen molar-refractivity contribution >= 4 is 22.9 Å². The van der Waals surface area contributed by atoms with E-state index < -0.39 is 0 Å². The van der Waals surface area contributed by atoms with E-state index in [1.165, 1.54) is 11.8 Å². The molecule has 3 aromatic rings. The molecule has 102 valence electrons. The second kappa shape index (κ2) is 5.50. The van der Waals surface area contributed by atoms with E-state index >= 15 is 0 Å². The molecule has 2 heterocycles. The van der Waals surface area contributed by atoms with Crippen LogP contribution >= 0.6 is 11.8 Å². The average molecular weight is 286 g/mol. The van der Waals surface area contributed by atoms with Crippen LogP contribution in [0.4, 0.5) is 0 Å². The third-order valence-electron chi connectivity index (χ3n) is 2.56. The number of rotatable bonds is 4. The number of H-pyrrole nitrogens is 1. The van der Waals surface area contributed by atoms with E-state index in [-0.39, 0.29) is 6.10 Å². The normalized spacial score (nSPS) is 11.2. The maximum absolute atomic E-state index is 5.61. The molecule has 0 aliphatic heterocycles. The van der Waals surface area contributed by atoms with Crippen LogP contribution in [0, 0.1) is 0 Å². The number of fused-ring (bicyclic) bond motifs is 1. The summed E-state index contributed by atoms with van der Waals surface area (Å²) >= 11 is 1.50. The molecule has 0 radical (unpaired) electrons. The predicted molar refractivity (Wildman–Crippen MR) is 78.0 cm³/mol. The van der Waals surface area contributed by atoms with Crippen LogP contribution in [0.2, 0.25) is 0 Å². The van der Waals surface area contributed by atoms with Gasteiger partial charge in [-0.3, -0.25) is 0 Å². The summed E-state index contributed by atoms with van der Waals surface area (Å²) in [5.41, 5.74) is 1.53. The van der Waals surface area contributed by atoms with Crippen molar-refractivity contribution in [3.05, 3.63) is 36.8 Å². The minimum absolute atomic E-state index is 0.180. The Kier molecular flexibility index (Phi) is 3.56. The van der Waals surface area contributed by atoms with Gasteiger partial charge >= 0.3 is 0 Å². The summed E-state index contributed by atoms with van der Waals surface area (Å²) < 4.78 is 5.61. The Morgan fingerprint density at radius 3 is 2.70 bits per heavy atom. The summed E-state index contributed by atoms with van der Waals surface area (Å²) in [6.07, 6.45) is 3.54. The Balaban J connectivity index is 1.76. The molecule has 0 saturated heterocycles. The van der Waals surface area contributed by atoms with Gasteiger partial charge in [-0.25, -0.2) is 15.0 Å². The number of benzene rings is 1. The van der Waals surface area contributed by atoms with Gasteiger partial charge in [-0.15, -0.1) is 0 Å². The van der Waals surface area contributed by atoms with Crippen molar-refractivity contribution in [2.24, 2.45) is 0 Å². The molecule has 0 bridgehead atoms. The topological polar surface area (TPSA) is 63.7 Å². The maximum Gasteiger partial charge on any atom is 0.194 e. The lowest BCUT2D eigenvalue weighted by Crippen LogP contribution is -2.05. The second-order valence-electron chi connectivity index (χ2n) is 4.53. The van der Waals surface area contributed by atoms with Crippen molar-refractivity contribution in [2.75, 3.05) is 0 Å². The SMILES string of the molecule is CC(C)Oc1ccc(Sc2ncc3[nH]cnc3n2)cc1. The number of imidazole rings is 1. The van der Waals surface area contributed by atoms with Crippen LogP contribution in [-0.2, 0) is 0 Å². The Morgan fingerprint density at radius 2 is 1.95 bits per heavy atom. The average Bonchev–Trinajstić information content (AvgIpc) is 2.88. The van der Waals surface area contributed by atoms with Crippen LogP contribution in [-0.4, -0.2) is 26.0 Å². The summed E-state index contributed by atoms with van der Waals surface area (Å²) in [7, 11) is 0. The minimum atomic E-state index is 0.180. The molecule has 1 N–H and O–H groups in total. The Hall–Kier alpha value is -2.08. The van der Waals surface area contributed by atoms with E-state index in [1.54, 1.807) is 12.5 Å². The molecule has 0 spiro atoms. The number of aromatic amines is 1. The van der Waals surface area contributed by atoms with Gasteiger partial charge in [0.25, 0.3) is 0 Å². The second-order valence-corrected chi connectivity index (χ2v) is 5.57. The number of ether oxygens (including phenoxy) is 1. The summed E-state index contributed by atoms with van der Waals surface area (Å²) in [4.78, 5) is 16.8. The molecular formula is C14H14N4OS. The van der Waals surface area contributed by atoms with Gasteiger partial charge in [0.15, 0.2) is 10.8 Å². The van der Waals surface area contributed by atoms with Crippen molar-refractivity contribution < 1.29 is 4.74 Å². The van der Waals surface area contributed by atoms with Gasteiger partial charge in [0.05, 0.1) is 18.6 Å². The third-order valence-corrected chi connectivity index (χ3v) is 3.45. The fourth-order valence-corrected chi connectivity index (χ4v) is 2.45. The molecular weight excluding hydrogens is 272 g/mol. The monoisotopic (exact) mass is 286 g/mol. The zero-order chi connectivity index (χ0) is 13.9. The van der Waals surface area contributed by atoms with Gasteiger partial charge < -0.3 is 9.72 Å². The van der Waals surface area contributed by atoms with E-state index in [0.717, 1.165) is 16.2 Å². The Labute approximate surface area is 120 Å². The molecule has 1 aromatic carbocycles. The molecule has 2 aromatic heterocycles. The van der Waals surface area contributed by atoms with Crippen LogP contribution in [0.1, 0.15) is 13.8 Å². The van der Waals surface area contributed by atoms with Gasteiger partial charge in [-0.05, 0) is 49.9 Å². The largest absolute Gasteiger partial charge is 0.491 e. The van der Waals surface area contributed by atoms with E-state index in [1.807, 2.05) is 38.1 Å². The van der Waals surface area contributed by atoms with Crippen LogP contribution in [0.25, 0.3) is 11.2 Å². The molecule has 6 heteroatoms. The van der Waals surface area contributed by atoms with Gasteiger partial charge in [0.2, 0.25) is 0 Å². The van der Waals surface area contributed by atoms with Gasteiger partial charge in [0.1, 0.15) is 11.3 Å². The quantitative estimate of drug-likeness (QED) is 0.746. The van der Waals surface area contributed by atoms with Gasteiger partial charge in [-0.2, -0.15) is 0 Å². The third kappa shape index (κ3) is 2.91. The number of aromatic nitrogens is 4. The number of nitrogens with zero attached hydrogens (tertiary/aromatic N) is 3. The molecule has 0 aliphatic carbocycles. The fraction of sp³-hybridized carbons (Fsp3) is 0.214. The lowest BCUT2D eigenvalue weighted by atomic mass is 10.3. The Bertz CT molecular complexity index is 709. The standard InChI is InChI=1S/C14H14N4OS/c1-9(2)19-10-3-5-11(6-4-10)20-14-15-7-12-13(18-14)17-8-16-12/h3-9H,1-2H3,(H,15,16,17,18). The van der Waals surface area contributed by atoms with Gasteiger partial charge in [-0.1, -0.05) is 0 Å². The Morgan fingerprint density at radius 1 is 1.15 bits per heavy atom. The highest BCUT2D eigenvalue weighted by Gasteiger charge is 2.05. The molecule has 0 aliphatic rings. The van der Waals surface area contributed by atoms with Crippen molar-refractivity contribution in [1.82, 2.24) is 19.9 Å². The summed E-state index contributed by atoms with van der Waals surface area (Å²) in [5.74, 6) is 0.869. The number of hydrogen-bond acceptors (Lipinski definition) is 5. The number of nitrogens with one attached hydrogen (secondary N) is 1. The summed E-state index contributed by atoms with van der Waals surface area (Å²) in [6.45, 7) is 4.02. The molecule has 3 rings (SSSR count). The first-order valence-electron chi connectivity index (χ1n) is 6.31. The van der Waals surface area contributed by atoms with E-state index in [0.29, 0.717) is 10.8 Å². The first kappa shape index (κ1) is 12.9. The molecule has 0 amide bonds. The molecule has 0 atom stereocenters.